The molecule has 0 bridgehead atoms. The second kappa shape index (κ2) is 4.80. The normalized spacial score (nSPS) is 20.8. The number of aromatic nitrogens is 1. The summed E-state index contributed by atoms with van der Waals surface area (Å²) in [5.41, 5.74) is 3.07. The predicted molar refractivity (Wildman–Crippen MR) is 82.9 cm³/mol. The second-order valence-corrected chi connectivity index (χ2v) is 7.09. The van der Waals surface area contributed by atoms with Crippen LogP contribution in [-0.4, -0.2) is 9.67 Å². The van der Waals surface area contributed by atoms with Gasteiger partial charge in [-0.2, -0.15) is 0 Å². The molecule has 3 rings (SSSR count). The van der Waals surface area contributed by atoms with Gasteiger partial charge in [0, 0.05) is 22.5 Å². The standard InChI is InChI=1S/C16H17Cl2NO/c1-16(2)8-14-11(15(20)9-16)5-6-19(14)13-7-10(17)3-4-12(13)18/h3-7,15,20H,8-9H2,1-2H3. The van der Waals surface area contributed by atoms with Gasteiger partial charge in [-0.1, -0.05) is 37.0 Å². The maximum absolute atomic E-state index is 10.3. The number of aliphatic hydroxyl groups excluding tert-OH is 1. The Labute approximate surface area is 128 Å². The van der Waals surface area contributed by atoms with E-state index in [1.165, 1.54) is 0 Å². The van der Waals surface area contributed by atoms with Crippen LogP contribution in [0.4, 0.5) is 0 Å². The Morgan fingerprint density at radius 2 is 2.00 bits per heavy atom. The van der Waals surface area contributed by atoms with Crippen LogP contribution >= 0.6 is 23.2 Å². The van der Waals surface area contributed by atoms with Gasteiger partial charge in [-0.3, -0.25) is 0 Å². The first kappa shape index (κ1) is 14.0. The number of fused-ring (bicyclic) bond motifs is 1. The highest BCUT2D eigenvalue weighted by Gasteiger charge is 2.33. The van der Waals surface area contributed by atoms with Gasteiger partial charge in [0.25, 0.3) is 0 Å². The third-order valence-electron chi connectivity index (χ3n) is 3.95. The summed E-state index contributed by atoms with van der Waals surface area (Å²) in [6.45, 7) is 4.35. The van der Waals surface area contributed by atoms with Gasteiger partial charge in [0.1, 0.15) is 0 Å². The fraction of sp³-hybridized carbons (Fsp3) is 0.375. The lowest BCUT2D eigenvalue weighted by atomic mass is 9.75. The van der Waals surface area contributed by atoms with E-state index < -0.39 is 6.10 Å². The molecule has 1 N–H and O–H groups in total. The van der Waals surface area contributed by atoms with Gasteiger partial charge in [0.15, 0.2) is 0 Å². The molecule has 1 unspecified atom stereocenters. The Morgan fingerprint density at radius 1 is 1.25 bits per heavy atom. The first-order valence-electron chi connectivity index (χ1n) is 6.71. The van der Waals surface area contributed by atoms with Crippen LogP contribution in [0.25, 0.3) is 5.69 Å². The van der Waals surface area contributed by atoms with E-state index in [0.29, 0.717) is 10.0 Å². The number of rotatable bonds is 1. The summed E-state index contributed by atoms with van der Waals surface area (Å²) >= 11 is 12.4. The third-order valence-corrected chi connectivity index (χ3v) is 4.50. The minimum atomic E-state index is -0.409. The van der Waals surface area contributed by atoms with Crippen LogP contribution < -0.4 is 0 Å². The molecule has 0 saturated heterocycles. The van der Waals surface area contributed by atoms with Crippen LogP contribution in [-0.2, 0) is 6.42 Å². The second-order valence-electron chi connectivity index (χ2n) is 6.24. The van der Waals surface area contributed by atoms with Crippen molar-refractivity contribution in [3.8, 4) is 5.69 Å². The van der Waals surface area contributed by atoms with Crippen molar-refractivity contribution in [2.45, 2.75) is 32.8 Å². The van der Waals surface area contributed by atoms with E-state index in [0.717, 1.165) is 29.8 Å². The van der Waals surface area contributed by atoms with E-state index in [9.17, 15) is 5.11 Å². The molecule has 2 aromatic rings. The van der Waals surface area contributed by atoms with Gasteiger partial charge in [0.2, 0.25) is 0 Å². The molecule has 1 aliphatic rings. The summed E-state index contributed by atoms with van der Waals surface area (Å²) in [4.78, 5) is 0. The van der Waals surface area contributed by atoms with Gasteiger partial charge in [0.05, 0.1) is 16.8 Å². The lowest BCUT2D eigenvalue weighted by molar-refractivity contribution is 0.0987. The van der Waals surface area contributed by atoms with Gasteiger partial charge >= 0.3 is 0 Å². The van der Waals surface area contributed by atoms with E-state index in [4.69, 9.17) is 23.2 Å². The molecule has 2 nitrogen and oxygen atoms in total. The first-order chi connectivity index (χ1) is 9.37. The van der Waals surface area contributed by atoms with Crippen LogP contribution in [0.1, 0.15) is 37.6 Å². The highest BCUT2D eigenvalue weighted by Crippen LogP contribution is 2.42. The molecule has 20 heavy (non-hydrogen) atoms. The molecule has 1 heterocycles. The minimum Gasteiger partial charge on any atom is -0.388 e. The first-order valence-corrected chi connectivity index (χ1v) is 7.47. The molecule has 1 aromatic heterocycles. The van der Waals surface area contributed by atoms with Crippen molar-refractivity contribution in [1.29, 1.82) is 0 Å². The maximum atomic E-state index is 10.3. The van der Waals surface area contributed by atoms with Crippen LogP contribution in [0.5, 0.6) is 0 Å². The zero-order valence-corrected chi connectivity index (χ0v) is 13.0. The Morgan fingerprint density at radius 3 is 2.75 bits per heavy atom. The summed E-state index contributed by atoms with van der Waals surface area (Å²) in [6, 6.07) is 7.42. The minimum absolute atomic E-state index is 0.0770. The third kappa shape index (κ3) is 2.37. The average molecular weight is 310 g/mol. The monoisotopic (exact) mass is 309 g/mol. The van der Waals surface area contributed by atoms with Crippen molar-refractivity contribution in [3.63, 3.8) is 0 Å². The number of aliphatic hydroxyl groups is 1. The Balaban J connectivity index is 2.16. The lowest BCUT2D eigenvalue weighted by Crippen LogP contribution is -2.26. The van der Waals surface area contributed by atoms with Crippen LogP contribution in [0.2, 0.25) is 10.0 Å². The van der Waals surface area contributed by atoms with Gasteiger partial charge in [-0.15, -0.1) is 0 Å². The van der Waals surface area contributed by atoms with Crippen molar-refractivity contribution < 1.29 is 5.11 Å². The molecule has 4 heteroatoms. The quantitative estimate of drug-likeness (QED) is 0.805. The molecule has 0 saturated carbocycles. The number of hydrogen-bond acceptors (Lipinski definition) is 1. The van der Waals surface area contributed by atoms with Crippen molar-refractivity contribution in [2.24, 2.45) is 5.41 Å². The number of nitrogens with zero attached hydrogens (tertiary/aromatic N) is 1. The van der Waals surface area contributed by atoms with Crippen molar-refractivity contribution in [2.75, 3.05) is 0 Å². The maximum Gasteiger partial charge on any atom is 0.0812 e. The fourth-order valence-corrected chi connectivity index (χ4v) is 3.40. The topological polar surface area (TPSA) is 25.2 Å². The fourth-order valence-electron chi connectivity index (χ4n) is 3.03. The summed E-state index contributed by atoms with van der Waals surface area (Å²) < 4.78 is 2.05. The van der Waals surface area contributed by atoms with E-state index >= 15 is 0 Å². The number of hydrogen-bond donors (Lipinski definition) is 1. The zero-order chi connectivity index (χ0) is 14.5. The van der Waals surface area contributed by atoms with Gasteiger partial charge in [-0.25, -0.2) is 0 Å². The molecule has 0 aliphatic heterocycles. The molecule has 1 atom stereocenters. The smallest absolute Gasteiger partial charge is 0.0812 e. The molecule has 0 spiro atoms. The molecule has 1 aliphatic carbocycles. The zero-order valence-electron chi connectivity index (χ0n) is 11.5. The van der Waals surface area contributed by atoms with Crippen LogP contribution in [0, 0.1) is 5.41 Å². The largest absolute Gasteiger partial charge is 0.388 e. The molecule has 1 aromatic carbocycles. The Bertz CT molecular complexity index is 660. The molecule has 106 valence electrons. The number of benzene rings is 1. The summed E-state index contributed by atoms with van der Waals surface area (Å²) in [7, 11) is 0. The molecule has 0 amide bonds. The Kier molecular flexibility index (Phi) is 3.36. The van der Waals surface area contributed by atoms with Crippen molar-refractivity contribution in [3.05, 3.63) is 51.8 Å². The van der Waals surface area contributed by atoms with E-state index in [-0.39, 0.29) is 5.41 Å². The van der Waals surface area contributed by atoms with Crippen molar-refractivity contribution >= 4 is 23.2 Å². The van der Waals surface area contributed by atoms with E-state index in [1.807, 2.05) is 22.9 Å². The summed E-state index contributed by atoms with van der Waals surface area (Å²) in [6.07, 6.45) is 3.25. The van der Waals surface area contributed by atoms with Crippen LogP contribution in [0.15, 0.2) is 30.5 Å². The summed E-state index contributed by atoms with van der Waals surface area (Å²) in [5, 5.41) is 11.6. The highest BCUT2D eigenvalue weighted by molar-refractivity contribution is 6.34. The van der Waals surface area contributed by atoms with Crippen LogP contribution in [0.3, 0.4) is 0 Å². The molecule has 0 fully saturated rings. The molecular formula is C16H17Cl2NO. The SMILES string of the molecule is CC1(C)Cc2c(ccn2-c2cc(Cl)ccc2Cl)C(O)C1. The van der Waals surface area contributed by atoms with E-state index in [2.05, 4.69) is 13.8 Å². The highest BCUT2D eigenvalue weighted by atomic mass is 35.5. The lowest BCUT2D eigenvalue weighted by Gasteiger charge is -2.34. The molecule has 0 radical (unpaired) electrons. The predicted octanol–water partition coefficient (Wildman–Crippen LogP) is 4.79. The average Bonchev–Trinajstić information content (AvgIpc) is 2.74. The van der Waals surface area contributed by atoms with Gasteiger partial charge in [-0.05, 0) is 42.5 Å². The summed E-state index contributed by atoms with van der Waals surface area (Å²) in [5.74, 6) is 0. The van der Waals surface area contributed by atoms with Crippen molar-refractivity contribution in [1.82, 2.24) is 4.57 Å². The molecular weight excluding hydrogens is 293 g/mol. The van der Waals surface area contributed by atoms with Gasteiger partial charge < -0.3 is 9.67 Å². The number of halogens is 2. The Hall–Kier alpha value is -0.960. The van der Waals surface area contributed by atoms with E-state index in [1.54, 1.807) is 12.1 Å².